The molecule has 3 aromatic rings. The smallest absolute Gasteiger partial charge is 0.329 e. The highest BCUT2D eigenvalue weighted by Crippen LogP contribution is 2.20. The number of aromatic amines is 1. The van der Waals surface area contributed by atoms with Gasteiger partial charge in [-0.05, 0) is 24.1 Å². The van der Waals surface area contributed by atoms with Crippen LogP contribution in [0.4, 0.5) is 0 Å². The standard InChI is InChI=1S/C18H18N4O3/c1-2-12-5-3-7-15-13(9-19-16(12)15)10-21-22-18(24)17(23)20-11-14-6-4-8-25-14/h3-10,19H,2,11H2,1H3,(H,20,23)(H,22,24)/b21-10+. The average Bonchev–Trinajstić information content (AvgIpc) is 3.29. The summed E-state index contributed by atoms with van der Waals surface area (Å²) in [6.07, 6.45) is 5.74. The first-order valence-corrected chi connectivity index (χ1v) is 7.91. The van der Waals surface area contributed by atoms with Gasteiger partial charge in [0.05, 0.1) is 19.0 Å². The normalized spacial score (nSPS) is 11.1. The van der Waals surface area contributed by atoms with Crippen LogP contribution in [0, 0.1) is 0 Å². The van der Waals surface area contributed by atoms with Gasteiger partial charge in [-0.1, -0.05) is 25.1 Å². The molecule has 0 atom stereocenters. The Bertz CT molecular complexity index is 910. The molecule has 0 aliphatic heterocycles. The number of nitrogens with one attached hydrogen (secondary N) is 3. The van der Waals surface area contributed by atoms with Crippen molar-refractivity contribution >= 4 is 28.9 Å². The second kappa shape index (κ2) is 7.48. The first-order valence-electron chi connectivity index (χ1n) is 7.91. The average molecular weight is 338 g/mol. The summed E-state index contributed by atoms with van der Waals surface area (Å²) in [4.78, 5) is 26.6. The molecule has 3 rings (SSSR count). The number of carbonyl (C=O) groups excluding carboxylic acids is 2. The van der Waals surface area contributed by atoms with Gasteiger partial charge in [-0.25, -0.2) is 5.43 Å². The largest absolute Gasteiger partial charge is 0.467 e. The number of para-hydroxylation sites is 1. The van der Waals surface area contributed by atoms with E-state index in [1.54, 1.807) is 12.1 Å². The van der Waals surface area contributed by atoms with E-state index in [0.29, 0.717) is 5.76 Å². The van der Waals surface area contributed by atoms with E-state index in [1.165, 1.54) is 18.0 Å². The second-order valence-electron chi connectivity index (χ2n) is 5.40. The fourth-order valence-electron chi connectivity index (χ4n) is 2.51. The van der Waals surface area contributed by atoms with Gasteiger partial charge < -0.3 is 14.7 Å². The van der Waals surface area contributed by atoms with Crippen molar-refractivity contribution in [2.24, 2.45) is 5.10 Å². The fourth-order valence-corrected chi connectivity index (χ4v) is 2.51. The van der Waals surface area contributed by atoms with Gasteiger partial charge in [0.2, 0.25) is 0 Å². The molecule has 0 unspecified atom stereocenters. The van der Waals surface area contributed by atoms with Gasteiger partial charge in [-0.2, -0.15) is 5.10 Å². The molecule has 2 heterocycles. The molecule has 3 N–H and O–H groups in total. The number of hydrogen-bond donors (Lipinski definition) is 3. The molecular formula is C18H18N4O3. The van der Waals surface area contributed by atoms with Gasteiger partial charge in [0.1, 0.15) is 5.76 Å². The molecule has 25 heavy (non-hydrogen) atoms. The molecule has 0 bridgehead atoms. The van der Waals surface area contributed by atoms with Crippen molar-refractivity contribution < 1.29 is 14.0 Å². The van der Waals surface area contributed by atoms with Crippen LogP contribution in [0.2, 0.25) is 0 Å². The number of rotatable bonds is 5. The fraction of sp³-hybridized carbons (Fsp3) is 0.167. The van der Waals surface area contributed by atoms with Crippen molar-refractivity contribution in [2.75, 3.05) is 0 Å². The highest BCUT2D eigenvalue weighted by Gasteiger charge is 2.12. The minimum Gasteiger partial charge on any atom is -0.467 e. The maximum Gasteiger partial charge on any atom is 0.329 e. The molecule has 7 heteroatoms. The van der Waals surface area contributed by atoms with Crippen LogP contribution in [0.5, 0.6) is 0 Å². The van der Waals surface area contributed by atoms with Gasteiger partial charge in [0.25, 0.3) is 0 Å². The van der Waals surface area contributed by atoms with Gasteiger partial charge in [-0.15, -0.1) is 0 Å². The van der Waals surface area contributed by atoms with Gasteiger partial charge in [0, 0.05) is 22.7 Å². The van der Waals surface area contributed by atoms with Crippen molar-refractivity contribution in [3.05, 3.63) is 59.7 Å². The van der Waals surface area contributed by atoms with E-state index in [4.69, 9.17) is 4.42 Å². The number of benzene rings is 1. The summed E-state index contributed by atoms with van der Waals surface area (Å²) in [5, 5.41) is 7.32. The maximum atomic E-state index is 11.7. The Morgan fingerprint density at radius 3 is 2.88 bits per heavy atom. The highest BCUT2D eigenvalue weighted by molar-refractivity contribution is 6.35. The molecule has 0 aliphatic carbocycles. The summed E-state index contributed by atoms with van der Waals surface area (Å²) >= 11 is 0. The van der Waals surface area contributed by atoms with Crippen LogP contribution >= 0.6 is 0 Å². The van der Waals surface area contributed by atoms with E-state index in [-0.39, 0.29) is 6.54 Å². The topological polar surface area (TPSA) is 99.5 Å². The molecule has 0 fully saturated rings. The summed E-state index contributed by atoms with van der Waals surface area (Å²) in [7, 11) is 0. The number of furan rings is 1. The van der Waals surface area contributed by atoms with E-state index >= 15 is 0 Å². The molecule has 128 valence electrons. The summed E-state index contributed by atoms with van der Waals surface area (Å²) in [5.41, 5.74) is 5.31. The predicted octanol–water partition coefficient (Wildman–Crippen LogP) is 2.09. The molecule has 0 saturated carbocycles. The third-order valence-corrected chi connectivity index (χ3v) is 3.79. The van der Waals surface area contributed by atoms with Gasteiger partial charge in [0.15, 0.2) is 0 Å². The molecule has 2 amide bonds. The number of H-pyrrole nitrogens is 1. The first-order chi connectivity index (χ1) is 12.2. The maximum absolute atomic E-state index is 11.7. The Balaban J connectivity index is 1.59. The van der Waals surface area contributed by atoms with Crippen LogP contribution in [0.15, 0.2) is 52.3 Å². The Morgan fingerprint density at radius 2 is 2.12 bits per heavy atom. The van der Waals surface area contributed by atoms with E-state index in [9.17, 15) is 9.59 Å². The van der Waals surface area contributed by atoms with Gasteiger partial charge >= 0.3 is 11.8 Å². The van der Waals surface area contributed by atoms with Crippen LogP contribution in [0.1, 0.15) is 23.8 Å². The lowest BCUT2D eigenvalue weighted by Crippen LogP contribution is -2.37. The minimum atomic E-state index is -0.836. The molecular weight excluding hydrogens is 320 g/mol. The molecule has 0 aliphatic rings. The zero-order chi connectivity index (χ0) is 17.6. The van der Waals surface area contributed by atoms with Crippen LogP contribution in [0.3, 0.4) is 0 Å². The summed E-state index contributed by atoms with van der Waals surface area (Å²) in [5.74, 6) is -1.05. The molecule has 0 radical (unpaired) electrons. The minimum absolute atomic E-state index is 0.144. The zero-order valence-corrected chi connectivity index (χ0v) is 13.7. The van der Waals surface area contributed by atoms with Crippen LogP contribution in [0.25, 0.3) is 10.9 Å². The molecule has 0 saturated heterocycles. The molecule has 2 aromatic heterocycles. The zero-order valence-electron chi connectivity index (χ0n) is 13.7. The number of nitrogens with zero attached hydrogens (tertiary/aromatic N) is 1. The Hall–Kier alpha value is -3.35. The quantitative estimate of drug-likeness (QED) is 0.377. The Kier molecular flexibility index (Phi) is 4.94. The molecule has 0 spiro atoms. The number of aromatic nitrogens is 1. The van der Waals surface area contributed by atoms with E-state index in [1.807, 2.05) is 18.3 Å². The number of carbonyl (C=O) groups is 2. The Labute approximate surface area is 144 Å². The lowest BCUT2D eigenvalue weighted by molar-refractivity contribution is -0.139. The monoisotopic (exact) mass is 338 g/mol. The number of hydrazone groups is 1. The van der Waals surface area contributed by atoms with Crippen LogP contribution < -0.4 is 10.7 Å². The number of amides is 2. The van der Waals surface area contributed by atoms with Gasteiger partial charge in [-0.3, -0.25) is 9.59 Å². The lowest BCUT2D eigenvalue weighted by Gasteiger charge is -2.01. The SMILES string of the molecule is CCc1cccc2c(/C=N/NC(=O)C(=O)NCc3ccco3)c[nH]c12. The van der Waals surface area contributed by atoms with E-state index < -0.39 is 11.8 Å². The predicted molar refractivity (Wildman–Crippen MR) is 94.0 cm³/mol. The number of fused-ring (bicyclic) bond motifs is 1. The number of hydrogen-bond acceptors (Lipinski definition) is 4. The molecule has 1 aromatic carbocycles. The third kappa shape index (κ3) is 3.77. The van der Waals surface area contributed by atoms with Crippen molar-refractivity contribution in [1.82, 2.24) is 15.7 Å². The second-order valence-corrected chi connectivity index (χ2v) is 5.40. The molecule has 7 nitrogen and oxygen atoms in total. The Morgan fingerprint density at radius 1 is 1.24 bits per heavy atom. The summed E-state index contributed by atoms with van der Waals surface area (Å²) in [6, 6.07) is 9.43. The third-order valence-electron chi connectivity index (χ3n) is 3.79. The van der Waals surface area contributed by atoms with E-state index in [0.717, 1.165) is 22.9 Å². The van der Waals surface area contributed by atoms with Crippen molar-refractivity contribution in [2.45, 2.75) is 19.9 Å². The first kappa shape index (κ1) is 16.5. The van der Waals surface area contributed by atoms with Crippen LogP contribution in [-0.2, 0) is 22.6 Å². The van der Waals surface area contributed by atoms with Crippen molar-refractivity contribution in [3.63, 3.8) is 0 Å². The highest BCUT2D eigenvalue weighted by atomic mass is 16.3. The summed E-state index contributed by atoms with van der Waals surface area (Å²) in [6.45, 7) is 2.23. The van der Waals surface area contributed by atoms with Crippen molar-refractivity contribution in [1.29, 1.82) is 0 Å². The van der Waals surface area contributed by atoms with Crippen molar-refractivity contribution in [3.8, 4) is 0 Å². The van der Waals surface area contributed by atoms with Crippen LogP contribution in [-0.4, -0.2) is 23.0 Å². The summed E-state index contributed by atoms with van der Waals surface area (Å²) < 4.78 is 5.07. The number of aryl methyl sites for hydroxylation is 1. The lowest BCUT2D eigenvalue weighted by atomic mass is 10.1. The van der Waals surface area contributed by atoms with E-state index in [2.05, 4.69) is 33.8 Å².